The Morgan fingerprint density at radius 1 is 1.18 bits per heavy atom. The van der Waals surface area contributed by atoms with E-state index in [1.54, 1.807) is 7.05 Å². The normalized spacial score (nSPS) is 10.5. The number of rotatable bonds is 7. The second-order valence-electron chi connectivity index (χ2n) is 4.90. The van der Waals surface area contributed by atoms with Gasteiger partial charge in [0.05, 0.1) is 13.1 Å². The molecule has 98 valence electrons. The molecule has 0 aliphatic carbocycles. The molecule has 0 atom stereocenters. The van der Waals surface area contributed by atoms with E-state index in [9.17, 15) is 9.59 Å². The van der Waals surface area contributed by atoms with E-state index in [4.69, 9.17) is 0 Å². The summed E-state index contributed by atoms with van der Waals surface area (Å²) in [5.74, 6) is 0.235. The van der Waals surface area contributed by atoms with Gasteiger partial charge in [-0.3, -0.25) is 9.59 Å². The Morgan fingerprint density at radius 2 is 1.71 bits per heavy atom. The molecule has 0 spiro atoms. The first-order valence-electron chi connectivity index (χ1n) is 5.95. The van der Waals surface area contributed by atoms with Crippen LogP contribution >= 0.6 is 0 Å². The van der Waals surface area contributed by atoms with Crippen LogP contribution in [0.25, 0.3) is 0 Å². The first kappa shape index (κ1) is 15.7. The Morgan fingerprint density at radius 3 is 2.12 bits per heavy atom. The number of carbonyl (C=O) groups excluding carboxylic acids is 2. The highest BCUT2D eigenvalue weighted by atomic mass is 16.2. The van der Waals surface area contributed by atoms with Gasteiger partial charge in [0.1, 0.15) is 0 Å². The lowest BCUT2D eigenvalue weighted by molar-refractivity contribution is -0.134. The highest BCUT2D eigenvalue weighted by Crippen LogP contribution is 2.02. The Labute approximate surface area is 104 Å². The number of ketones is 1. The predicted molar refractivity (Wildman–Crippen MR) is 69.5 cm³/mol. The van der Waals surface area contributed by atoms with E-state index >= 15 is 0 Å². The predicted octanol–water partition coefficient (Wildman–Crippen LogP) is 1.43. The lowest BCUT2D eigenvalue weighted by atomic mass is 10.1. The molecule has 0 unspecified atom stereocenters. The molecule has 1 N–H and O–H groups in total. The van der Waals surface area contributed by atoms with Gasteiger partial charge in [-0.2, -0.15) is 0 Å². The molecule has 0 rings (SSSR count). The van der Waals surface area contributed by atoms with Gasteiger partial charge in [0.2, 0.25) is 5.91 Å². The number of nitrogens with one attached hydrogen (secondary N) is 1. The first-order valence-corrected chi connectivity index (χ1v) is 5.95. The summed E-state index contributed by atoms with van der Waals surface area (Å²) in [6, 6.07) is 0. The van der Waals surface area contributed by atoms with Gasteiger partial charge in [0.15, 0.2) is 5.78 Å². The van der Waals surface area contributed by atoms with Crippen LogP contribution in [0.1, 0.15) is 27.7 Å². The smallest absolute Gasteiger partial charge is 0.242 e. The van der Waals surface area contributed by atoms with E-state index in [0.29, 0.717) is 5.92 Å². The van der Waals surface area contributed by atoms with E-state index in [-0.39, 0.29) is 30.7 Å². The quantitative estimate of drug-likeness (QED) is 0.732. The maximum Gasteiger partial charge on any atom is 0.242 e. The number of amides is 1. The zero-order chi connectivity index (χ0) is 13.6. The molecule has 17 heavy (non-hydrogen) atoms. The van der Waals surface area contributed by atoms with Gasteiger partial charge in [-0.05, 0) is 5.92 Å². The zero-order valence-electron chi connectivity index (χ0n) is 11.5. The second kappa shape index (κ2) is 7.09. The third-order valence-electron chi connectivity index (χ3n) is 2.63. The minimum atomic E-state index is -0.0965. The summed E-state index contributed by atoms with van der Waals surface area (Å²) in [6.45, 7) is 11.9. The third kappa shape index (κ3) is 6.09. The molecular formula is C13H24N2O2. The molecule has 4 heteroatoms. The molecule has 0 aromatic carbocycles. The van der Waals surface area contributed by atoms with E-state index in [0.717, 1.165) is 5.70 Å². The van der Waals surface area contributed by atoms with Gasteiger partial charge in [0, 0.05) is 18.7 Å². The van der Waals surface area contributed by atoms with Crippen molar-refractivity contribution in [3.05, 3.63) is 12.3 Å². The van der Waals surface area contributed by atoms with Crippen molar-refractivity contribution in [3.8, 4) is 0 Å². The van der Waals surface area contributed by atoms with Gasteiger partial charge in [-0.25, -0.2) is 0 Å². The molecule has 1 amide bonds. The minimum Gasteiger partial charge on any atom is -0.380 e. The molecule has 0 radical (unpaired) electrons. The Hall–Kier alpha value is -1.32. The first-order chi connectivity index (χ1) is 7.75. The summed E-state index contributed by atoms with van der Waals surface area (Å²) in [4.78, 5) is 24.6. The van der Waals surface area contributed by atoms with Crippen LogP contribution in [0.4, 0.5) is 0 Å². The van der Waals surface area contributed by atoms with Crippen LogP contribution in [0.5, 0.6) is 0 Å². The Bertz CT molecular complexity index is 296. The van der Waals surface area contributed by atoms with Gasteiger partial charge < -0.3 is 10.2 Å². The highest BCUT2D eigenvalue weighted by Gasteiger charge is 2.15. The topological polar surface area (TPSA) is 49.4 Å². The Balaban J connectivity index is 4.07. The maximum absolute atomic E-state index is 11.7. The number of hydrogen-bond acceptors (Lipinski definition) is 3. The van der Waals surface area contributed by atoms with Gasteiger partial charge in [-0.1, -0.05) is 34.3 Å². The fourth-order valence-electron chi connectivity index (χ4n) is 1.03. The van der Waals surface area contributed by atoms with Crippen LogP contribution < -0.4 is 5.32 Å². The molecule has 0 bridgehead atoms. The maximum atomic E-state index is 11.7. The van der Waals surface area contributed by atoms with Crippen molar-refractivity contribution in [1.29, 1.82) is 0 Å². The minimum absolute atomic E-state index is 0.0381. The van der Waals surface area contributed by atoms with Crippen LogP contribution in [0.2, 0.25) is 0 Å². The lowest BCUT2D eigenvalue weighted by Gasteiger charge is -2.19. The van der Waals surface area contributed by atoms with Crippen LogP contribution in [-0.4, -0.2) is 36.7 Å². The molecule has 0 aliphatic heterocycles. The van der Waals surface area contributed by atoms with E-state index in [1.165, 1.54) is 4.90 Å². The molecular weight excluding hydrogens is 216 g/mol. The average molecular weight is 240 g/mol. The summed E-state index contributed by atoms with van der Waals surface area (Å²) in [5, 5.41) is 2.97. The van der Waals surface area contributed by atoms with E-state index < -0.39 is 0 Å². The summed E-state index contributed by atoms with van der Waals surface area (Å²) >= 11 is 0. The van der Waals surface area contributed by atoms with Crippen LogP contribution in [0, 0.1) is 11.8 Å². The lowest BCUT2D eigenvalue weighted by Crippen LogP contribution is -2.39. The van der Waals surface area contributed by atoms with Crippen LogP contribution in [0.3, 0.4) is 0 Å². The largest absolute Gasteiger partial charge is 0.380 e. The van der Waals surface area contributed by atoms with Crippen LogP contribution in [0.15, 0.2) is 12.3 Å². The summed E-state index contributed by atoms with van der Waals surface area (Å²) < 4.78 is 0. The molecule has 0 saturated carbocycles. The number of likely N-dealkylation sites (N-methyl/N-ethyl adjacent to an activating group) is 1. The number of Topliss-reactive ketones (excluding diaryl/α,β-unsaturated/α-hetero) is 1. The van der Waals surface area contributed by atoms with Crippen molar-refractivity contribution in [1.82, 2.24) is 10.2 Å². The van der Waals surface area contributed by atoms with Crippen molar-refractivity contribution in [2.75, 3.05) is 20.1 Å². The zero-order valence-corrected chi connectivity index (χ0v) is 11.5. The number of allylic oxidation sites excluding steroid dienone is 1. The fraction of sp³-hybridized carbons (Fsp3) is 0.692. The fourth-order valence-corrected chi connectivity index (χ4v) is 1.03. The van der Waals surface area contributed by atoms with Crippen molar-refractivity contribution >= 4 is 11.7 Å². The summed E-state index contributed by atoms with van der Waals surface area (Å²) in [5.41, 5.74) is 0.835. The summed E-state index contributed by atoms with van der Waals surface area (Å²) in [7, 11) is 1.64. The molecule has 0 saturated heterocycles. The Kier molecular flexibility index (Phi) is 6.54. The van der Waals surface area contributed by atoms with Gasteiger partial charge in [-0.15, -0.1) is 0 Å². The van der Waals surface area contributed by atoms with Gasteiger partial charge >= 0.3 is 0 Å². The molecule has 4 nitrogen and oxygen atoms in total. The van der Waals surface area contributed by atoms with Crippen molar-refractivity contribution in [3.63, 3.8) is 0 Å². The number of hydrogen-bond donors (Lipinski definition) is 1. The molecule has 0 aromatic heterocycles. The number of carbonyl (C=O) groups is 2. The average Bonchev–Trinajstić information content (AvgIpc) is 2.24. The standard InChI is InChI=1S/C13H24N2O2/c1-9(2)11(5)14-7-13(17)15(6)8-12(16)10(3)4/h9-10,14H,5,7-8H2,1-4,6H3. The highest BCUT2D eigenvalue weighted by molar-refractivity contribution is 5.87. The molecule has 0 fully saturated rings. The third-order valence-corrected chi connectivity index (χ3v) is 2.63. The molecule has 0 heterocycles. The molecule has 0 aromatic rings. The van der Waals surface area contributed by atoms with Crippen LogP contribution in [-0.2, 0) is 9.59 Å². The van der Waals surface area contributed by atoms with Crippen molar-refractivity contribution in [2.45, 2.75) is 27.7 Å². The van der Waals surface area contributed by atoms with E-state index in [2.05, 4.69) is 11.9 Å². The van der Waals surface area contributed by atoms with Crippen molar-refractivity contribution < 1.29 is 9.59 Å². The monoisotopic (exact) mass is 240 g/mol. The SMILES string of the molecule is C=C(NCC(=O)N(C)CC(=O)C(C)C)C(C)C. The van der Waals surface area contributed by atoms with Gasteiger partial charge in [0.25, 0.3) is 0 Å². The second-order valence-corrected chi connectivity index (χ2v) is 4.90. The molecule has 0 aliphatic rings. The summed E-state index contributed by atoms with van der Waals surface area (Å²) in [6.07, 6.45) is 0. The van der Waals surface area contributed by atoms with E-state index in [1.807, 2.05) is 27.7 Å². The van der Waals surface area contributed by atoms with Crippen molar-refractivity contribution in [2.24, 2.45) is 11.8 Å². The number of nitrogens with zero attached hydrogens (tertiary/aromatic N) is 1.